The van der Waals surface area contributed by atoms with Crippen LogP contribution in [-0.4, -0.2) is 15.0 Å². The van der Waals surface area contributed by atoms with Crippen LogP contribution in [0.25, 0.3) is 0 Å². The largest absolute Gasteiger partial charge is 0.455 e. The number of ether oxygens (including phenoxy) is 1. The van der Waals surface area contributed by atoms with Crippen molar-refractivity contribution < 1.29 is 4.74 Å². The van der Waals surface area contributed by atoms with Crippen LogP contribution < -0.4 is 15.4 Å². The first-order valence-electron chi connectivity index (χ1n) is 8.90. The Bertz CT molecular complexity index is 1030. The van der Waals surface area contributed by atoms with Crippen LogP contribution in [0.5, 0.6) is 11.5 Å². The van der Waals surface area contributed by atoms with Crippen LogP contribution in [0.4, 0.5) is 17.3 Å². The van der Waals surface area contributed by atoms with Gasteiger partial charge in [0, 0.05) is 25.0 Å². The summed E-state index contributed by atoms with van der Waals surface area (Å²) < 4.78 is 5.99. The van der Waals surface area contributed by atoms with E-state index in [1.807, 2.05) is 79.0 Å². The number of rotatable bonds is 7. The van der Waals surface area contributed by atoms with Gasteiger partial charge < -0.3 is 15.4 Å². The van der Waals surface area contributed by atoms with Gasteiger partial charge in [0.15, 0.2) is 5.75 Å². The molecule has 0 aliphatic rings. The molecule has 2 aromatic carbocycles. The molecule has 4 aromatic rings. The van der Waals surface area contributed by atoms with Crippen molar-refractivity contribution in [1.29, 1.82) is 0 Å². The lowest BCUT2D eigenvalue weighted by Crippen LogP contribution is -2.03. The van der Waals surface area contributed by atoms with Crippen molar-refractivity contribution in [2.75, 3.05) is 10.6 Å². The van der Waals surface area contributed by atoms with E-state index in [9.17, 15) is 0 Å². The normalized spacial score (nSPS) is 10.3. The highest BCUT2D eigenvalue weighted by Gasteiger charge is 2.06. The summed E-state index contributed by atoms with van der Waals surface area (Å²) in [6.07, 6.45) is 5.10. The molecule has 0 radical (unpaired) electrons. The van der Waals surface area contributed by atoms with Gasteiger partial charge in [0.25, 0.3) is 0 Å². The molecule has 6 heteroatoms. The zero-order chi connectivity index (χ0) is 19.0. The van der Waals surface area contributed by atoms with E-state index in [4.69, 9.17) is 4.74 Å². The summed E-state index contributed by atoms with van der Waals surface area (Å²) >= 11 is 0. The Hall–Kier alpha value is -3.93. The van der Waals surface area contributed by atoms with Gasteiger partial charge in [0.05, 0.1) is 5.69 Å². The molecule has 28 heavy (non-hydrogen) atoms. The Balaban J connectivity index is 1.47. The first-order valence-corrected chi connectivity index (χ1v) is 8.90. The second kappa shape index (κ2) is 8.64. The van der Waals surface area contributed by atoms with E-state index in [0.29, 0.717) is 12.4 Å². The fraction of sp³-hybridized carbons (Fsp3) is 0.0455. The molecule has 0 aliphatic carbocycles. The predicted molar refractivity (Wildman–Crippen MR) is 110 cm³/mol. The summed E-state index contributed by atoms with van der Waals surface area (Å²) in [5, 5.41) is 6.58. The number of benzene rings is 2. The van der Waals surface area contributed by atoms with Gasteiger partial charge in [-0.2, -0.15) is 0 Å². The summed E-state index contributed by atoms with van der Waals surface area (Å²) in [5.74, 6) is 2.89. The fourth-order valence-corrected chi connectivity index (χ4v) is 2.63. The molecule has 0 saturated heterocycles. The van der Waals surface area contributed by atoms with Crippen molar-refractivity contribution in [2.24, 2.45) is 0 Å². The number of hydrogen-bond acceptors (Lipinski definition) is 6. The smallest absolute Gasteiger partial charge is 0.150 e. The predicted octanol–water partition coefficient (Wildman–Crippen LogP) is 5.02. The van der Waals surface area contributed by atoms with Crippen LogP contribution in [0.2, 0.25) is 0 Å². The highest BCUT2D eigenvalue weighted by atomic mass is 16.5. The molecular weight excluding hydrogens is 350 g/mol. The van der Waals surface area contributed by atoms with Crippen molar-refractivity contribution in [2.45, 2.75) is 6.54 Å². The molecule has 6 nitrogen and oxygen atoms in total. The highest BCUT2D eigenvalue weighted by molar-refractivity contribution is 5.66. The van der Waals surface area contributed by atoms with Crippen LogP contribution in [0.3, 0.4) is 0 Å². The molecule has 0 amide bonds. The number of aromatic nitrogens is 3. The lowest BCUT2D eigenvalue weighted by molar-refractivity contribution is 0.485. The Morgan fingerprint density at radius 3 is 2.50 bits per heavy atom. The maximum atomic E-state index is 5.99. The fourth-order valence-electron chi connectivity index (χ4n) is 2.63. The minimum atomic E-state index is 0.637. The monoisotopic (exact) mass is 369 g/mol. The Kier molecular flexibility index (Phi) is 5.39. The topological polar surface area (TPSA) is 72.0 Å². The third kappa shape index (κ3) is 4.62. The Morgan fingerprint density at radius 1 is 0.821 bits per heavy atom. The Labute approximate surface area is 163 Å². The second-order valence-electron chi connectivity index (χ2n) is 6.04. The van der Waals surface area contributed by atoms with Crippen LogP contribution >= 0.6 is 0 Å². The summed E-state index contributed by atoms with van der Waals surface area (Å²) in [6, 6.07) is 23.2. The molecule has 0 unspecified atom stereocenters. The third-order valence-corrected chi connectivity index (χ3v) is 3.98. The molecular formula is C22H19N5O. The molecule has 2 aromatic heterocycles. The maximum absolute atomic E-state index is 5.99. The summed E-state index contributed by atoms with van der Waals surface area (Å²) in [7, 11) is 0. The van der Waals surface area contributed by atoms with E-state index >= 15 is 0 Å². The van der Waals surface area contributed by atoms with Crippen molar-refractivity contribution >= 4 is 17.3 Å². The minimum absolute atomic E-state index is 0.637. The molecule has 0 bridgehead atoms. The van der Waals surface area contributed by atoms with Crippen LogP contribution in [0, 0.1) is 0 Å². The van der Waals surface area contributed by atoms with E-state index in [0.717, 1.165) is 28.6 Å². The van der Waals surface area contributed by atoms with Crippen LogP contribution in [0.1, 0.15) is 5.56 Å². The molecule has 4 rings (SSSR count). The standard InChI is InChI=1S/C22H19N5O/c1-2-8-18(9-3-1)28-20-11-5-4-10-19(20)27-22-13-21(25-16-26-22)24-15-17-7-6-12-23-14-17/h1-14,16H,15H2,(H2,24,25,26,27). The first kappa shape index (κ1) is 17.5. The van der Waals surface area contributed by atoms with Gasteiger partial charge >= 0.3 is 0 Å². The third-order valence-electron chi connectivity index (χ3n) is 3.98. The number of nitrogens with one attached hydrogen (secondary N) is 2. The number of para-hydroxylation sites is 3. The van der Waals surface area contributed by atoms with Gasteiger partial charge in [0.2, 0.25) is 0 Å². The maximum Gasteiger partial charge on any atom is 0.150 e. The van der Waals surface area contributed by atoms with Gasteiger partial charge in [-0.25, -0.2) is 9.97 Å². The van der Waals surface area contributed by atoms with Gasteiger partial charge in [-0.3, -0.25) is 4.98 Å². The quantitative estimate of drug-likeness (QED) is 0.477. The summed E-state index contributed by atoms with van der Waals surface area (Å²) in [4.78, 5) is 12.7. The zero-order valence-electron chi connectivity index (χ0n) is 15.1. The van der Waals surface area contributed by atoms with Gasteiger partial charge in [0.1, 0.15) is 23.7 Å². The number of anilines is 3. The van der Waals surface area contributed by atoms with E-state index < -0.39 is 0 Å². The molecule has 138 valence electrons. The molecule has 0 fully saturated rings. The highest BCUT2D eigenvalue weighted by Crippen LogP contribution is 2.31. The van der Waals surface area contributed by atoms with Crippen LogP contribution in [-0.2, 0) is 6.54 Å². The van der Waals surface area contributed by atoms with E-state index in [-0.39, 0.29) is 0 Å². The first-order chi connectivity index (χ1) is 13.9. The molecule has 0 aliphatic heterocycles. The number of nitrogens with zero attached hydrogens (tertiary/aromatic N) is 3. The van der Waals surface area contributed by atoms with Crippen molar-refractivity contribution in [3.63, 3.8) is 0 Å². The summed E-state index contributed by atoms with van der Waals surface area (Å²) in [5.41, 5.74) is 1.90. The van der Waals surface area contributed by atoms with E-state index in [2.05, 4.69) is 25.6 Å². The van der Waals surface area contributed by atoms with Gasteiger partial charge in [-0.05, 0) is 35.9 Å². The average Bonchev–Trinajstić information content (AvgIpc) is 2.75. The molecule has 2 N–H and O–H groups in total. The van der Waals surface area contributed by atoms with Gasteiger partial charge in [-0.1, -0.05) is 36.4 Å². The minimum Gasteiger partial charge on any atom is -0.455 e. The van der Waals surface area contributed by atoms with Crippen molar-refractivity contribution in [3.05, 3.63) is 97.1 Å². The average molecular weight is 369 g/mol. The van der Waals surface area contributed by atoms with Crippen LogP contribution in [0.15, 0.2) is 91.5 Å². The summed E-state index contributed by atoms with van der Waals surface area (Å²) in [6.45, 7) is 0.637. The molecule has 0 atom stereocenters. The van der Waals surface area contributed by atoms with E-state index in [1.165, 1.54) is 6.33 Å². The zero-order valence-corrected chi connectivity index (χ0v) is 15.1. The molecule has 0 saturated carbocycles. The number of hydrogen-bond donors (Lipinski definition) is 2. The second-order valence-corrected chi connectivity index (χ2v) is 6.04. The molecule has 2 heterocycles. The van der Waals surface area contributed by atoms with Gasteiger partial charge in [-0.15, -0.1) is 0 Å². The lowest BCUT2D eigenvalue weighted by Gasteiger charge is -2.13. The van der Waals surface area contributed by atoms with Crippen molar-refractivity contribution in [3.8, 4) is 11.5 Å². The SMILES string of the molecule is c1ccc(Oc2ccccc2Nc2cc(NCc3cccnc3)ncn2)cc1. The Morgan fingerprint density at radius 2 is 1.64 bits per heavy atom. The van der Waals surface area contributed by atoms with E-state index in [1.54, 1.807) is 6.20 Å². The van der Waals surface area contributed by atoms with Crippen molar-refractivity contribution in [1.82, 2.24) is 15.0 Å². The lowest BCUT2D eigenvalue weighted by atomic mass is 10.2. The molecule has 0 spiro atoms. The number of pyridine rings is 1.